The lowest BCUT2D eigenvalue weighted by Crippen LogP contribution is -2.31. The maximum absolute atomic E-state index is 11.3. The zero-order chi connectivity index (χ0) is 14.6. The molecule has 0 saturated heterocycles. The Balaban J connectivity index is 2.57. The van der Waals surface area contributed by atoms with Gasteiger partial charge in [-0.3, -0.25) is 0 Å². The molecule has 1 N–H and O–H groups in total. The zero-order valence-electron chi connectivity index (χ0n) is 12.7. The summed E-state index contributed by atoms with van der Waals surface area (Å²) in [5, 5.41) is 3.43. The highest BCUT2D eigenvalue weighted by atomic mass is 16.5. The number of esters is 1. The van der Waals surface area contributed by atoms with Crippen LogP contribution in [-0.2, 0) is 4.74 Å². The minimum Gasteiger partial charge on any atom is -0.463 e. The van der Waals surface area contributed by atoms with Crippen molar-refractivity contribution in [2.45, 2.75) is 40.7 Å². The largest absolute Gasteiger partial charge is 0.463 e. The number of hydrogen-bond acceptors (Lipinski definition) is 4. The lowest BCUT2D eigenvalue weighted by Gasteiger charge is -2.28. The molecule has 1 heterocycles. The first-order valence-electron chi connectivity index (χ1n) is 6.67. The minimum atomic E-state index is -0.443. The molecule has 0 fully saturated rings. The van der Waals surface area contributed by atoms with Gasteiger partial charge in [-0.15, -0.1) is 0 Å². The van der Waals surface area contributed by atoms with E-state index in [4.69, 9.17) is 4.42 Å². The van der Waals surface area contributed by atoms with Crippen molar-refractivity contribution in [3.8, 4) is 0 Å². The predicted molar refractivity (Wildman–Crippen MR) is 75.1 cm³/mol. The number of methoxy groups -OCH3 is 1. The van der Waals surface area contributed by atoms with Crippen molar-refractivity contribution in [1.82, 2.24) is 5.32 Å². The lowest BCUT2D eigenvalue weighted by atomic mass is 9.82. The summed E-state index contributed by atoms with van der Waals surface area (Å²) in [6.45, 7) is 11.8. The Bertz CT molecular complexity index is 417. The molecule has 0 spiro atoms. The fourth-order valence-corrected chi connectivity index (χ4v) is 1.56. The van der Waals surface area contributed by atoms with Crippen LogP contribution in [0.25, 0.3) is 0 Å². The summed E-state index contributed by atoms with van der Waals surface area (Å²) >= 11 is 0. The van der Waals surface area contributed by atoms with Gasteiger partial charge in [-0.1, -0.05) is 27.7 Å². The smallest absolute Gasteiger partial charge is 0.373 e. The number of carbonyl (C=O) groups is 1. The summed E-state index contributed by atoms with van der Waals surface area (Å²) in [6, 6.07) is 3.53. The summed E-state index contributed by atoms with van der Waals surface area (Å²) in [7, 11) is 1.34. The maximum Gasteiger partial charge on any atom is 0.373 e. The molecule has 2 unspecified atom stereocenters. The molecule has 19 heavy (non-hydrogen) atoms. The van der Waals surface area contributed by atoms with Crippen LogP contribution in [0.5, 0.6) is 0 Å². The van der Waals surface area contributed by atoms with Crippen molar-refractivity contribution in [1.29, 1.82) is 0 Å². The SMILES string of the molecule is COC(=O)c1ccc(C(C)NCC(C)C(C)(C)C)o1. The van der Waals surface area contributed by atoms with Crippen molar-refractivity contribution < 1.29 is 13.9 Å². The van der Waals surface area contributed by atoms with Gasteiger partial charge in [-0.25, -0.2) is 4.79 Å². The standard InChI is InChI=1S/C15H25NO3/c1-10(15(3,4)5)9-16-11(2)12-7-8-13(19-12)14(17)18-6/h7-8,10-11,16H,9H2,1-6H3. The monoisotopic (exact) mass is 267 g/mol. The Kier molecular flexibility index (Phi) is 5.18. The van der Waals surface area contributed by atoms with Crippen LogP contribution in [0.4, 0.5) is 0 Å². The van der Waals surface area contributed by atoms with E-state index in [9.17, 15) is 4.79 Å². The first-order valence-corrected chi connectivity index (χ1v) is 6.67. The van der Waals surface area contributed by atoms with Gasteiger partial charge in [0.2, 0.25) is 5.76 Å². The van der Waals surface area contributed by atoms with Crippen molar-refractivity contribution in [2.24, 2.45) is 11.3 Å². The zero-order valence-corrected chi connectivity index (χ0v) is 12.7. The molecule has 0 saturated carbocycles. The van der Waals surface area contributed by atoms with E-state index >= 15 is 0 Å². The molecule has 1 aromatic rings. The van der Waals surface area contributed by atoms with Gasteiger partial charge in [0.1, 0.15) is 5.76 Å². The molecule has 4 nitrogen and oxygen atoms in total. The Hall–Kier alpha value is -1.29. The molecule has 0 amide bonds. The Morgan fingerprint density at radius 2 is 2.00 bits per heavy atom. The van der Waals surface area contributed by atoms with E-state index in [0.29, 0.717) is 5.92 Å². The minimum absolute atomic E-state index is 0.0724. The first kappa shape index (κ1) is 15.8. The summed E-state index contributed by atoms with van der Waals surface area (Å²) < 4.78 is 10.1. The second-order valence-corrected chi connectivity index (χ2v) is 6.09. The Labute approximate surface area is 115 Å². The number of hydrogen-bond donors (Lipinski definition) is 1. The highest BCUT2D eigenvalue weighted by Gasteiger charge is 2.21. The van der Waals surface area contributed by atoms with Crippen LogP contribution in [0.15, 0.2) is 16.5 Å². The average molecular weight is 267 g/mol. The van der Waals surface area contributed by atoms with Crippen molar-refractivity contribution in [3.63, 3.8) is 0 Å². The predicted octanol–water partition coefficient (Wildman–Crippen LogP) is 3.40. The number of furan rings is 1. The molecule has 0 aliphatic carbocycles. The molecule has 1 aromatic heterocycles. The fraction of sp³-hybridized carbons (Fsp3) is 0.667. The molecule has 4 heteroatoms. The molecule has 1 rings (SSSR count). The molecular weight excluding hydrogens is 242 g/mol. The van der Waals surface area contributed by atoms with Gasteiger partial charge in [0.05, 0.1) is 13.2 Å². The molecule has 0 aliphatic rings. The van der Waals surface area contributed by atoms with E-state index < -0.39 is 5.97 Å². The number of carbonyl (C=O) groups excluding carboxylic acids is 1. The van der Waals surface area contributed by atoms with Gasteiger partial charge in [0.25, 0.3) is 0 Å². The van der Waals surface area contributed by atoms with E-state index in [0.717, 1.165) is 12.3 Å². The van der Waals surface area contributed by atoms with E-state index in [1.54, 1.807) is 6.07 Å². The van der Waals surface area contributed by atoms with Gasteiger partial charge in [-0.2, -0.15) is 0 Å². The topological polar surface area (TPSA) is 51.5 Å². The van der Waals surface area contributed by atoms with Gasteiger partial charge in [0, 0.05) is 0 Å². The van der Waals surface area contributed by atoms with Crippen LogP contribution >= 0.6 is 0 Å². The van der Waals surface area contributed by atoms with Gasteiger partial charge >= 0.3 is 5.97 Å². The third-order valence-corrected chi connectivity index (χ3v) is 3.65. The van der Waals surface area contributed by atoms with Gasteiger partial charge in [-0.05, 0) is 36.9 Å². The van der Waals surface area contributed by atoms with Crippen LogP contribution < -0.4 is 5.32 Å². The summed E-state index contributed by atoms with van der Waals surface area (Å²) in [6.07, 6.45) is 0. The Morgan fingerprint density at radius 1 is 1.37 bits per heavy atom. The second kappa shape index (κ2) is 6.24. The second-order valence-electron chi connectivity index (χ2n) is 6.09. The number of rotatable bonds is 5. The van der Waals surface area contributed by atoms with Crippen LogP contribution in [-0.4, -0.2) is 19.6 Å². The van der Waals surface area contributed by atoms with Gasteiger partial charge < -0.3 is 14.5 Å². The highest BCUT2D eigenvalue weighted by Crippen LogP contribution is 2.25. The van der Waals surface area contributed by atoms with E-state index in [1.807, 2.05) is 13.0 Å². The molecule has 0 aromatic carbocycles. The average Bonchev–Trinajstić information content (AvgIpc) is 2.82. The Morgan fingerprint density at radius 3 is 2.53 bits per heavy atom. The maximum atomic E-state index is 11.3. The molecule has 108 valence electrons. The van der Waals surface area contributed by atoms with Crippen LogP contribution in [0.3, 0.4) is 0 Å². The van der Waals surface area contributed by atoms with Crippen LogP contribution in [0.2, 0.25) is 0 Å². The molecule has 0 aliphatic heterocycles. The summed E-state index contributed by atoms with van der Waals surface area (Å²) in [4.78, 5) is 11.3. The number of ether oxygens (including phenoxy) is 1. The molecule has 2 atom stereocenters. The first-order chi connectivity index (χ1) is 8.75. The van der Waals surface area contributed by atoms with Crippen LogP contribution in [0.1, 0.15) is 57.0 Å². The molecule has 0 bridgehead atoms. The highest BCUT2D eigenvalue weighted by molar-refractivity contribution is 5.86. The third kappa shape index (κ3) is 4.39. The van der Waals surface area contributed by atoms with E-state index in [-0.39, 0.29) is 17.2 Å². The summed E-state index contributed by atoms with van der Waals surface area (Å²) in [5.41, 5.74) is 0.271. The quantitative estimate of drug-likeness (QED) is 0.831. The van der Waals surface area contributed by atoms with Crippen molar-refractivity contribution in [2.75, 3.05) is 13.7 Å². The number of nitrogens with one attached hydrogen (secondary N) is 1. The van der Waals surface area contributed by atoms with E-state index in [2.05, 4.69) is 37.7 Å². The van der Waals surface area contributed by atoms with E-state index in [1.165, 1.54) is 7.11 Å². The van der Waals surface area contributed by atoms with Crippen LogP contribution in [0, 0.1) is 11.3 Å². The molecular formula is C15H25NO3. The van der Waals surface area contributed by atoms with Crippen molar-refractivity contribution >= 4 is 5.97 Å². The van der Waals surface area contributed by atoms with Gasteiger partial charge in [0.15, 0.2) is 0 Å². The summed E-state index contributed by atoms with van der Waals surface area (Å²) in [5.74, 6) is 1.10. The third-order valence-electron chi connectivity index (χ3n) is 3.65. The lowest BCUT2D eigenvalue weighted by molar-refractivity contribution is 0.0562. The van der Waals surface area contributed by atoms with Crippen molar-refractivity contribution in [3.05, 3.63) is 23.7 Å². The molecule has 0 radical (unpaired) electrons. The normalized spacial score (nSPS) is 15.1. The fourth-order valence-electron chi connectivity index (χ4n) is 1.56.